The molecule has 0 unspecified atom stereocenters. The highest BCUT2D eigenvalue weighted by Gasteiger charge is 2.28. The second-order valence-electron chi connectivity index (χ2n) is 6.74. The molecule has 1 N–H and O–H groups in total. The summed E-state index contributed by atoms with van der Waals surface area (Å²) in [6.45, 7) is 7.47. The summed E-state index contributed by atoms with van der Waals surface area (Å²) in [5.41, 5.74) is -0.306. The van der Waals surface area contributed by atoms with Crippen molar-refractivity contribution in [1.82, 2.24) is 14.5 Å². The van der Waals surface area contributed by atoms with E-state index in [0.29, 0.717) is 37.5 Å². The Hall–Kier alpha value is -1.60. The summed E-state index contributed by atoms with van der Waals surface area (Å²) < 4.78 is 26.8. The van der Waals surface area contributed by atoms with Crippen LogP contribution in [0.2, 0.25) is 0 Å². The van der Waals surface area contributed by atoms with Crippen LogP contribution in [0.5, 0.6) is 0 Å². The molecule has 23 heavy (non-hydrogen) atoms. The highest BCUT2D eigenvalue weighted by molar-refractivity contribution is 7.89. The summed E-state index contributed by atoms with van der Waals surface area (Å²) in [5, 5.41) is 2.92. The van der Waals surface area contributed by atoms with Crippen LogP contribution in [0.1, 0.15) is 27.2 Å². The van der Waals surface area contributed by atoms with E-state index < -0.39 is 10.0 Å². The molecule has 1 aromatic rings. The van der Waals surface area contributed by atoms with E-state index in [4.69, 9.17) is 0 Å². The van der Waals surface area contributed by atoms with Crippen molar-refractivity contribution in [2.24, 2.45) is 0 Å². The Morgan fingerprint density at radius 3 is 2.30 bits per heavy atom. The average molecular weight is 339 g/mol. The number of urea groups is 1. The van der Waals surface area contributed by atoms with Gasteiger partial charge in [-0.05, 0) is 39.3 Å². The minimum atomic E-state index is -3.49. The van der Waals surface area contributed by atoms with E-state index in [2.05, 4.69) is 5.32 Å². The third-order valence-corrected chi connectivity index (χ3v) is 5.52. The van der Waals surface area contributed by atoms with Gasteiger partial charge in [0.1, 0.15) is 0 Å². The molecule has 0 atom stereocenters. The maximum absolute atomic E-state index is 12.7. The van der Waals surface area contributed by atoms with Crippen molar-refractivity contribution >= 4 is 16.1 Å². The number of hydrogen-bond acceptors (Lipinski definition) is 3. The van der Waals surface area contributed by atoms with E-state index in [9.17, 15) is 13.2 Å². The summed E-state index contributed by atoms with van der Waals surface area (Å²) >= 11 is 0. The van der Waals surface area contributed by atoms with Crippen LogP contribution in [0.4, 0.5) is 4.79 Å². The van der Waals surface area contributed by atoms with Gasteiger partial charge in [0.2, 0.25) is 10.0 Å². The second kappa shape index (κ2) is 6.88. The van der Waals surface area contributed by atoms with Crippen LogP contribution in [0, 0.1) is 0 Å². The van der Waals surface area contributed by atoms with E-state index in [0.717, 1.165) is 0 Å². The fourth-order valence-corrected chi connectivity index (χ4v) is 3.97. The van der Waals surface area contributed by atoms with Crippen molar-refractivity contribution in [3.63, 3.8) is 0 Å². The first-order valence-electron chi connectivity index (χ1n) is 7.82. The van der Waals surface area contributed by atoms with E-state index in [1.54, 1.807) is 35.2 Å². The van der Waals surface area contributed by atoms with Gasteiger partial charge in [0, 0.05) is 31.7 Å². The summed E-state index contributed by atoms with van der Waals surface area (Å²) in [6.07, 6.45) is 0.629. The van der Waals surface area contributed by atoms with Crippen molar-refractivity contribution < 1.29 is 13.2 Å². The molecule has 0 bridgehead atoms. The van der Waals surface area contributed by atoms with E-state index in [1.165, 1.54) is 4.31 Å². The molecule has 2 amide bonds. The monoisotopic (exact) mass is 339 g/mol. The molecule has 6 nitrogen and oxygen atoms in total. The Balaban J connectivity index is 2.06. The molecule has 1 aliphatic heterocycles. The van der Waals surface area contributed by atoms with Gasteiger partial charge >= 0.3 is 6.03 Å². The van der Waals surface area contributed by atoms with E-state index in [-0.39, 0.29) is 11.6 Å². The molecule has 1 heterocycles. The maximum Gasteiger partial charge on any atom is 0.317 e. The molecule has 2 rings (SSSR count). The number of nitrogens with one attached hydrogen (secondary N) is 1. The lowest BCUT2D eigenvalue weighted by atomic mass is 10.1. The van der Waals surface area contributed by atoms with Gasteiger partial charge in [-0.2, -0.15) is 4.31 Å². The number of sulfonamides is 1. The highest BCUT2D eigenvalue weighted by atomic mass is 32.2. The molecule has 128 valence electrons. The van der Waals surface area contributed by atoms with Crippen LogP contribution in [0.3, 0.4) is 0 Å². The molecule has 0 aromatic heterocycles. The normalized spacial score (nSPS) is 17.6. The molecular weight excluding hydrogens is 314 g/mol. The molecule has 0 saturated carbocycles. The highest BCUT2D eigenvalue weighted by Crippen LogP contribution is 2.17. The summed E-state index contributed by atoms with van der Waals surface area (Å²) in [7, 11) is -3.49. The minimum absolute atomic E-state index is 0.142. The first kappa shape index (κ1) is 17.7. The molecule has 0 radical (unpaired) electrons. The van der Waals surface area contributed by atoms with E-state index >= 15 is 0 Å². The van der Waals surface area contributed by atoms with Crippen molar-refractivity contribution in [3.8, 4) is 0 Å². The van der Waals surface area contributed by atoms with Gasteiger partial charge in [0.25, 0.3) is 0 Å². The third kappa shape index (κ3) is 4.68. The van der Waals surface area contributed by atoms with Crippen LogP contribution in [-0.4, -0.2) is 55.4 Å². The number of hydrogen-bond donors (Lipinski definition) is 1. The van der Waals surface area contributed by atoms with Crippen molar-refractivity contribution in [2.75, 3.05) is 26.2 Å². The molecular formula is C16H25N3O3S. The van der Waals surface area contributed by atoms with Crippen LogP contribution >= 0.6 is 0 Å². The molecule has 1 aliphatic rings. The van der Waals surface area contributed by atoms with Crippen molar-refractivity contribution in [1.29, 1.82) is 0 Å². The Morgan fingerprint density at radius 2 is 1.70 bits per heavy atom. The van der Waals surface area contributed by atoms with Gasteiger partial charge in [-0.25, -0.2) is 13.2 Å². The molecule has 1 fully saturated rings. The number of benzene rings is 1. The van der Waals surface area contributed by atoms with Crippen molar-refractivity contribution in [2.45, 2.75) is 37.6 Å². The number of rotatable bonds is 2. The van der Waals surface area contributed by atoms with Gasteiger partial charge in [-0.1, -0.05) is 18.2 Å². The standard InChI is InChI=1S/C16H25N3O3S/c1-16(2,3)17-15(20)18-10-7-11-19(13-12-18)23(21,22)14-8-5-4-6-9-14/h4-6,8-9H,7,10-13H2,1-3H3,(H,17,20). The van der Waals surface area contributed by atoms with Gasteiger partial charge in [-0.3, -0.25) is 0 Å². The zero-order chi connectivity index (χ0) is 17.1. The number of nitrogens with zero attached hydrogens (tertiary/aromatic N) is 2. The maximum atomic E-state index is 12.7. The summed E-state index contributed by atoms with van der Waals surface area (Å²) in [4.78, 5) is 14.2. The Morgan fingerprint density at radius 1 is 1.04 bits per heavy atom. The lowest BCUT2D eigenvalue weighted by Gasteiger charge is -2.27. The first-order valence-corrected chi connectivity index (χ1v) is 9.26. The Kier molecular flexibility index (Phi) is 5.31. The molecule has 1 saturated heterocycles. The zero-order valence-electron chi connectivity index (χ0n) is 13.9. The molecule has 0 aliphatic carbocycles. The molecule has 1 aromatic carbocycles. The Labute approximate surface area is 138 Å². The van der Waals surface area contributed by atoms with Crippen LogP contribution in [0.15, 0.2) is 35.2 Å². The zero-order valence-corrected chi connectivity index (χ0v) is 14.8. The fourth-order valence-electron chi connectivity index (χ4n) is 2.48. The molecule has 0 spiro atoms. The van der Waals surface area contributed by atoms with Gasteiger partial charge in [0.15, 0.2) is 0 Å². The summed E-state index contributed by atoms with van der Waals surface area (Å²) in [6, 6.07) is 8.28. The van der Waals surface area contributed by atoms with Crippen LogP contribution in [-0.2, 0) is 10.0 Å². The van der Waals surface area contributed by atoms with Gasteiger partial charge < -0.3 is 10.2 Å². The SMILES string of the molecule is CC(C)(C)NC(=O)N1CCCN(S(=O)(=O)c2ccccc2)CC1. The number of carbonyl (C=O) groups excluding carboxylic acids is 1. The van der Waals surface area contributed by atoms with Gasteiger partial charge in [0.05, 0.1) is 4.90 Å². The van der Waals surface area contributed by atoms with E-state index in [1.807, 2.05) is 20.8 Å². The summed E-state index contributed by atoms with van der Waals surface area (Å²) in [5.74, 6) is 0. The average Bonchev–Trinajstić information content (AvgIpc) is 2.73. The first-order chi connectivity index (χ1) is 10.7. The van der Waals surface area contributed by atoms with Crippen LogP contribution in [0.25, 0.3) is 0 Å². The number of carbonyl (C=O) groups is 1. The topological polar surface area (TPSA) is 69.7 Å². The smallest absolute Gasteiger partial charge is 0.317 e. The van der Waals surface area contributed by atoms with Crippen LogP contribution < -0.4 is 5.32 Å². The van der Waals surface area contributed by atoms with Crippen molar-refractivity contribution in [3.05, 3.63) is 30.3 Å². The lowest BCUT2D eigenvalue weighted by molar-refractivity contribution is 0.191. The lowest BCUT2D eigenvalue weighted by Crippen LogP contribution is -2.49. The predicted molar refractivity (Wildman–Crippen MR) is 89.7 cm³/mol. The second-order valence-corrected chi connectivity index (χ2v) is 8.68. The van der Waals surface area contributed by atoms with Gasteiger partial charge in [-0.15, -0.1) is 0 Å². The third-order valence-electron chi connectivity index (χ3n) is 3.60. The number of amides is 2. The molecule has 7 heteroatoms. The fraction of sp³-hybridized carbons (Fsp3) is 0.562. The largest absolute Gasteiger partial charge is 0.333 e. The minimum Gasteiger partial charge on any atom is -0.333 e. The predicted octanol–water partition coefficient (Wildman–Crippen LogP) is 1.89. The quantitative estimate of drug-likeness (QED) is 0.894. The Bertz CT molecular complexity index is 638.